The van der Waals surface area contributed by atoms with Crippen molar-refractivity contribution in [1.29, 1.82) is 0 Å². The Morgan fingerprint density at radius 1 is 1.32 bits per heavy atom. The highest BCUT2D eigenvalue weighted by atomic mass is 19.4. The van der Waals surface area contributed by atoms with Crippen LogP contribution in [-0.4, -0.2) is 35.6 Å². The number of imidazole rings is 1. The third kappa shape index (κ3) is 3.27. The topological polar surface area (TPSA) is 82.1 Å². The molecule has 0 radical (unpaired) electrons. The molecule has 7 nitrogen and oxygen atoms in total. The van der Waals surface area contributed by atoms with Crippen molar-refractivity contribution in [3.8, 4) is 0 Å². The summed E-state index contributed by atoms with van der Waals surface area (Å²) in [4.78, 5) is 29.9. The quantitative estimate of drug-likeness (QED) is 0.851. The average molecular weight is 402 g/mol. The maximum absolute atomic E-state index is 13.0. The SMILES string of the molecule is CCC(C)n1cnc2c1c(=O)n(CC1CCC(O)(C(F)(F)F)CC1)c(=O)n2C. The molecule has 0 amide bonds. The van der Waals surface area contributed by atoms with Crippen molar-refractivity contribution in [2.45, 2.75) is 70.3 Å². The summed E-state index contributed by atoms with van der Waals surface area (Å²) in [6.07, 6.45) is -3.04. The third-order valence-electron chi connectivity index (χ3n) is 6.02. The molecule has 2 aromatic rings. The van der Waals surface area contributed by atoms with E-state index >= 15 is 0 Å². The molecule has 156 valence electrons. The van der Waals surface area contributed by atoms with E-state index in [-0.39, 0.29) is 31.3 Å². The lowest BCUT2D eigenvalue weighted by molar-refractivity contribution is -0.272. The molecule has 0 saturated heterocycles. The van der Waals surface area contributed by atoms with Gasteiger partial charge in [-0.05, 0) is 44.9 Å². The number of aryl methyl sites for hydroxylation is 1. The fourth-order valence-electron chi connectivity index (χ4n) is 3.86. The molecule has 1 saturated carbocycles. The number of alkyl halides is 3. The first kappa shape index (κ1) is 20.6. The van der Waals surface area contributed by atoms with Gasteiger partial charge in [0.15, 0.2) is 16.8 Å². The van der Waals surface area contributed by atoms with Crippen LogP contribution in [0.25, 0.3) is 11.2 Å². The van der Waals surface area contributed by atoms with E-state index in [9.17, 15) is 27.9 Å². The highest BCUT2D eigenvalue weighted by Crippen LogP contribution is 2.43. The van der Waals surface area contributed by atoms with Gasteiger partial charge in [0.05, 0.1) is 6.33 Å². The number of halogens is 3. The molecule has 10 heteroatoms. The monoisotopic (exact) mass is 402 g/mol. The van der Waals surface area contributed by atoms with E-state index in [0.717, 1.165) is 11.0 Å². The van der Waals surface area contributed by atoms with Gasteiger partial charge in [-0.1, -0.05) is 6.92 Å². The molecule has 1 N–H and O–H groups in total. The van der Waals surface area contributed by atoms with E-state index < -0.39 is 35.9 Å². The molecule has 0 aromatic carbocycles. The fraction of sp³-hybridized carbons (Fsp3) is 0.722. The molecule has 28 heavy (non-hydrogen) atoms. The summed E-state index contributed by atoms with van der Waals surface area (Å²) in [5.41, 5.74) is -3.09. The lowest BCUT2D eigenvalue weighted by Crippen LogP contribution is -2.49. The van der Waals surface area contributed by atoms with Gasteiger partial charge in [-0.3, -0.25) is 13.9 Å². The lowest BCUT2D eigenvalue weighted by Gasteiger charge is -2.37. The number of nitrogens with zero attached hydrogens (tertiary/aromatic N) is 4. The molecule has 0 bridgehead atoms. The van der Waals surface area contributed by atoms with Gasteiger partial charge in [0.25, 0.3) is 5.56 Å². The molecule has 1 atom stereocenters. The van der Waals surface area contributed by atoms with Gasteiger partial charge in [0.1, 0.15) is 0 Å². The highest BCUT2D eigenvalue weighted by molar-refractivity contribution is 5.70. The van der Waals surface area contributed by atoms with Crippen LogP contribution in [0.15, 0.2) is 15.9 Å². The van der Waals surface area contributed by atoms with Crippen LogP contribution >= 0.6 is 0 Å². The van der Waals surface area contributed by atoms with E-state index in [1.165, 1.54) is 17.9 Å². The zero-order valence-corrected chi connectivity index (χ0v) is 16.2. The van der Waals surface area contributed by atoms with Crippen molar-refractivity contribution < 1.29 is 18.3 Å². The molecule has 0 aliphatic heterocycles. The molecule has 1 unspecified atom stereocenters. The normalized spacial score (nSPS) is 24.6. The summed E-state index contributed by atoms with van der Waals surface area (Å²) in [6, 6.07) is 0.0140. The van der Waals surface area contributed by atoms with E-state index in [1.807, 2.05) is 13.8 Å². The zero-order chi connectivity index (χ0) is 20.9. The van der Waals surface area contributed by atoms with Gasteiger partial charge in [-0.25, -0.2) is 9.78 Å². The van der Waals surface area contributed by atoms with Crippen LogP contribution in [0.5, 0.6) is 0 Å². The van der Waals surface area contributed by atoms with Crippen molar-refractivity contribution in [3.05, 3.63) is 27.2 Å². The second kappa shape index (κ2) is 7.06. The van der Waals surface area contributed by atoms with E-state index in [2.05, 4.69) is 4.98 Å². The summed E-state index contributed by atoms with van der Waals surface area (Å²) >= 11 is 0. The molecule has 0 spiro atoms. The predicted molar refractivity (Wildman–Crippen MR) is 97.2 cm³/mol. The molecule has 1 aliphatic rings. The number of aliphatic hydroxyl groups is 1. The maximum Gasteiger partial charge on any atom is 0.417 e. The van der Waals surface area contributed by atoms with Crippen LogP contribution in [0.2, 0.25) is 0 Å². The van der Waals surface area contributed by atoms with E-state index in [0.29, 0.717) is 11.2 Å². The number of fused-ring (bicyclic) bond motifs is 1. The molecule has 3 rings (SSSR count). The minimum Gasteiger partial charge on any atom is -0.380 e. The Morgan fingerprint density at radius 3 is 2.46 bits per heavy atom. The Labute approximate surface area is 159 Å². The van der Waals surface area contributed by atoms with Crippen LogP contribution in [0, 0.1) is 5.92 Å². The second-order valence-electron chi connectivity index (χ2n) is 7.81. The summed E-state index contributed by atoms with van der Waals surface area (Å²) in [5.74, 6) is -0.287. The van der Waals surface area contributed by atoms with E-state index in [4.69, 9.17) is 0 Å². The Morgan fingerprint density at radius 2 is 1.93 bits per heavy atom. The molecule has 2 aromatic heterocycles. The molecule has 1 fully saturated rings. The van der Waals surface area contributed by atoms with Gasteiger partial charge in [-0.15, -0.1) is 0 Å². The third-order valence-corrected chi connectivity index (χ3v) is 6.02. The van der Waals surface area contributed by atoms with Gasteiger partial charge in [0, 0.05) is 19.6 Å². The van der Waals surface area contributed by atoms with Gasteiger partial charge in [-0.2, -0.15) is 13.2 Å². The Hall–Kier alpha value is -2.10. The smallest absolute Gasteiger partial charge is 0.380 e. The van der Waals surface area contributed by atoms with Crippen LogP contribution in [-0.2, 0) is 13.6 Å². The largest absolute Gasteiger partial charge is 0.417 e. The van der Waals surface area contributed by atoms with Crippen molar-refractivity contribution >= 4 is 11.2 Å². The number of hydrogen-bond donors (Lipinski definition) is 1. The number of hydrogen-bond acceptors (Lipinski definition) is 4. The summed E-state index contributed by atoms with van der Waals surface area (Å²) in [7, 11) is 1.53. The number of rotatable bonds is 4. The summed E-state index contributed by atoms with van der Waals surface area (Å²) < 4.78 is 43.1. The summed E-state index contributed by atoms with van der Waals surface area (Å²) in [6.45, 7) is 3.94. The Balaban J connectivity index is 1.95. The van der Waals surface area contributed by atoms with Crippen molar-refractivity contribution in [1.82, 2.24) is 18.7 Å². The minimum atomic E-state index is -4.67. The van der Waals surface area contributed by atoms with Crippen LogP contribution in [0.4, 0.5) is 13.2 Å². The average Bonchev–Trinajstić information content (AvgIpc) is 3.09. The molecule has 1 aliphatic carbocycles. The van der Waals surface area contributed by atoms with Crippen LogP contribution < -0.4 is 11.2 Å². The molecule has 2 heterocycles. The van der Waals surface area contributed by atoms with E-state index in [1.54, 1.807) is 4.57 Å². The Bertz CT molecular complexity index is 981. The fourth-order valence-corrected chi connectivity index (χ4v) is 3.86. The first-order chi connectivity index (χ1) is 13.0. The predicted octanol–water partition coefficient (Wildman–Crippen LogP) is 2.35. The molecular formula is C18H25F3N4O3. The van der Waals surface area contributed by atoms with Gasteiger partial charge in [0.2, 0.25) is 0 Å². The first-order valence-electron chi connectivity index (χ1n) is 9.45. The summed E-state index contributed by atoms with van der Waals surface area (Å²) in [5, 5.41) is 9.81. The Kier molecular flexibility index (Phi) is 5.20. The maximum atomic E-state index is 13.0. The molecular weight excluding hydrogens is 377 g/mol. The van der Waals surface area contributed by atoms with Crippen LogP contribution in [0.3, 0.4) is 0 Å². The minimum absolute atomic E-state index is 0.0140. The van der Waals surface area contributed by atoms with Gasteiger partial charge >= 0.3 is 11.9 Å². The van der Waals surface area contributed by atoms with Crippen molar-refractivity contribution in [2.24, 2.45) is 13.0 Å². The van der Waals surface area contributed by atoms with Crippen LogP contribution in [0.1, 0.15) is 52.0 Å². The first-order valence-corrected chi connectivity index (χ1v) is 9.45. The highest BCUT2D eigenvalue weighted by Gasteiger charge is 2.54. The van der Waals surface area contributed by atoms with Crippen molar-refractivity contribution in [3.63, 3.8) is 0 Å². The standard InChI is InChI=1S/C18H25F3N4O3/c1-4-11(2)25-10-22-14-13(25)15(26)24(16(27)23(14)3)9-12-5-7-17(28,8-6-12)18(19,20)21/h10-12,28H,4-9H2,1-3H3. The van der Waals surface area contributed by atoms with Crippen molar-refractivity contribution in [2.75, 3.05) is 0 Å². The second-order valence-corrected chi connectivity index (χ2v) is 7.81. The van der Waals surface area contributed by atoms with Gasteiger partial charge < -0.3 is 9.67 Å². The number of aromatic nitrogens is 4. The lowest BCUT2D eigenvalue weighted by atomic mass is 9.78. The zero-order valence-electron chi connectivity index (χ0n) is 16.2.